The van der Waals surface area contributed by atoms with E-state index in [9.17, 15) is 5.26 Å². The number of anilines is 3. The molecule has 0 amide bonds. The van der Waals surface area contributed by atoms with Crippen LogP contribution in [-0.4, -0.2) is 41.3 Å². The minimum atomic E-state index is 0.437. The van der Waals surface area contributed by atoms with Gasteiger partial charge in [0.05, 0.1) is 24.8 Å². The first-order chi connectivity index (χ1) is 13.3. The minimum Gasteiger partial charge on any atom is -0.378 e. The van der Waals surface area contributed by atoms with Crippen LogP contribution in [0.3, 0.4) is 0 Å². The minimum absolute atomic E-state index is 0.437. The molecule has 0 saturated carbocycles. The van der Waals surface area contributed by atoms with E-state index in [0.29, 0.717) is 22.9 Å². The Morgan fingerprint density at radius 3 is 2.56 bits per heavy atom. The molecule has 0 bridgehead atoms. The zero-order valence-electron chi connectivity index (χ0n) is 14.7. The number of benzene rings is 2. The lowest BCUT2D eigenvalue weighted by molar-refractivity contribution is 0.122. The van der Waals surface area contributed by atoms with Gasteiger partial charge in [-0.15, -0.1) is 0 Å². The molecule has 27 heavy (non-hydrogen) atoms. The van der Waals surface area contributed by atoms with Crippen molar-refractivity contribution in [3.8, 4) is 17.5 Å². The van der Waals surface area contributed by atoms with Gasteiger partial charge in [0.1, 0.15) is 6.33 Å². The van der Waals surface area contributed by atoms with Crippen LogP contribution in [0.1, 0.15) is 5.56 Å². The zero-order valence-corrected chi connectivity index (χ0v) is 14.7. The number of hydrogen-bond acceptors (Lipinski definition) is 7. The topological polar surface area (TPSA) is 87.0 Å². The van der Waals surface area contributed by atoms with Gasteiger partial charge in [-0.05, 0) is 36.4 Å². The molecular weight excluding hydrogens is 340 g/mol. The summed E-state index contributed by atoms with van der Waals surface area (Å²) in [5, 5.41) is 12.5. The fourth-order valence-corrected chi connectivity index (χ4v) is 2.97. The van der Waals surface area contributed by atoms with E-state index in [0.717, 1.165) is 32.0 Å². The molecule has 2 aromatic carbocycles. The Morgan fingerprint density at radius 2 is 1.78 bits per heavy atom. The van der Waals surface area contributed by atoms with Crippen molar-refractivity contribution in [3.63, 3.8) is 0 Å². The quantitative estimate of drug-likeness (QED) is 0.767. The largest absolute Gasteiger partial charge is 0.378 e. The number of nitrogens with zero attached hydrogens (tertiary/aromatic N) is 5. The second kappa shape index (κ2) is 7.81. The first-order valence-electron chi connectivity index (χ1n) is 8.72. The second-order valence-electron chi connectivity index (χ2n) is 6.06. The summed E-state index contributed by atoms with van der Waals surface area (Å²) in [5.74, 6) is 0.904. The Morgan fingerprint density at radius 1 is 1.00 bits per heavy atom. The molecule has 1 fully saturated rings. The fourth-order valence-electron chi connectivity index (χ4n) is 2.97. The Labute approximate surface area is 157 Å². The maximum Gasteiger partial charge on any atom is 0.230 e. The highest BCUT2D eigenvalue weighted by Gasteiger charge is 2.11. The van der Waals surface area contributed by atoms with Gasteiger partial charge in [-0.3, -0.25) is 0 Å². The number of morpholine rings is 1. The molecule has 3 aromatic rings. The number of nitrogens with one attached hydrogen (secondary N) is 1. The summed E-state index contributed by atoms with van der Waals surface area (Å²) in [7, 11) is 0. The molecule has 0 radical (unpaired) electrons. The van der Waals surface area contributed by atoms with E-state index < -0.39 is 0 Å². The van der Waals surface area contributed by atoms with E-state index in [4.69, 9.17) is 4.74 Å². The lowest BCUT2D eigenvalue weighted by Crippen LogP contribution is -2.36. The van der Waals surface area contributed by atoms with Gasteiger partial charge in [-0.2, -0.15) is 10.2 Å². The van der Waals surface area contributed by atoms with E-state index in [1.165, 1.54) is 12.0 Å². The number of aromatic nitrogens is 3. The molecule has 0 unspecified atom stereocenters. The molecular formula is C20H18N6O. The monoisotopic (exact) mass is 358 g/mol. The Balaban J connectivity index is 1.52. The molecule has 0 spiro atoms. The molecule has 134 valence electrons. The maximum absolute atomic E-state index is 9.27. The first-order valence-corrected chi connectivity index (χ1v) is 8.72. The summed E-state index contributed by atoms with van der Waals surface area (Å²) in [6, 6.07) is 17.6. The van der Waals surface area contributed by atoms with Gasteiger partial charge in [-0.25, -0.2) is 9.97 Å². The summed E-state index contributed by atoms with van der Waals surface area (Å²) in [6.07, 6.45) is 1.45. The highest BCUT2D eigenvalue weighted by atomic mass is 16.5. The van der Waals surface area contributed by atoms with E-state index >= 15 is 0 Å². The van der Waals surface area contributed by atoms with Gasteiger partial charge in [-0.1, -0.05) is 12.1 Å². The average Bonchev–Trinajstić information content (AvgIpc) is 2.75. The average molecular weight is 358 g/mol. The van der Waals surface area contributed by atoms with Crippen LogP contribution in [0, 0.1) is 11.3 Å². The van der Waals surface area contributed by atoms with Crippen molar-refractivity contribution < 1.29 is 4.74 Å². The Kier molecular flexibility index (Phi) is 4.90. The third kappa shape index (κ3) is 3.86. The van der Waals surface area contributed by atoms with Gasteiger partial charge in [0.25, 0.3) is 0 Å². The normalized spacial score (nSPS) is 13.8. The molecule has 1 N–H and O–H groups in total. The molecule has 1 aliphatic rings. The van der Waals surface area contributed by atoms with Gasteiger partial charge in [0.15, 0.2) is 5.82 Å². The van der Waals surface area contributed by atoms with Crippen molar-refractivity contribution in [2.45, 2.75) is 0 Å². The van der Waals surface area contributed by atoms with E-state index in [1.54, 1.807) is 6.07 Å². The summed E-state index contributed by atoms with van der Waals surface area (Å²) in [4.78, 5) is 15.1. The molecule has 4 rings (SSSR count). The zero-order chi connectivity index (χ0) is 18.5. The van der Waals surface area contributed by atoms with Crippen LogP contribution in [-0.2, 0) is 4.74 Å². The van der Waals surface area contributed by atoms with Crippen molar-refractivity contribution in [3.05, 3.63) is 60.4 Å². The van der Waals surface area contributed by atoms with E-state index in [1.807, 2.05) is 30.3 Å². The molecule has 1 aliphatic heterocycles. The van der Waals surface area contributed by atoms with Crippen LogP contribution < -0.4 is 10.2 Å². The van der Waals surface area contributed by atoms with Crippen LogP contribution >= 0.6 is 0 Å². The van der Waals surface area contributed by atoms with Gasteiger partial charge >= 0.3 is 0 Å². The van der Waals surface area contributed by atoms with Gasteiger partial charge < -0.3 is 15.0 Å². The molecule has 0 aliphatic carbocycles. The van der Waals surface area contributed by atoms with E-state index in [-0.39, 0.29) is 0 Å². The summed E-state index contributed by atoms with van der Waals surface area (Å²) < 4.78 is 5.39. The highest BCUT2D eigenvalue weighted by Crippen LogP contribution is 2.23. The highest BCUT2D eigenvalue weighted by molar-refractivity contribution is 5.66. The number of rotatable bonds is 4. The smallest absolute Gasteiger partial charge is 0.230 e. The number of hydrogen-bond donors (Lipinski definition) is 1. The molecule has 2 heterocycles. The number of ether oxygens (including phenoxy) is 1. The second-order valence-corrected chi connectivity index (χ2v) is 6.06. The lowest BCUT2D eigenvalue weighted by Gasteiger charge is -2.28. The van der Waals surface area contributed by atoms with E-state index in [2.05, 4.69) is 43.4 Å². The standard InChI is InChI=1S/C20H18N6O/c21-13-15-3-1-2-4-18(15)19-22-14-23-20(25-19)24-16-5-7-17(8-6-16)26-9-11-27-12-10-26/h1-8,14H,9-12H2,(H,22,23,24,25). The fraction of sp³-hybridized carbons (Fsp3) is 0.200. The first kappa shape index (κ1) is 16.9. The Bertz CT molecular complexity index is 961. The summed E-state index contributed by atoms with van der Waals surface area (Å²) in [6.45, 7) is 3.33. The van der Waals surface area contributed by atoms with Crippen molar-refractivity contribution in [2.75, 3.05) is 36.5 Å². The van der Waals surface area contributed by atoms with Crippen molar-refractivity contribution in [2.24, 2.45) is 0 Å². The Hall–Kier alpha value is -3.50. The van der Waals surface area contributed by atoms with Gasteiger partial charge in [0.2, 0.25) is 5.95 Å². The molecule has 7 nitrogen and oxygen atoms in total. The maximum atomic E-state index is 9.27. The SMILES string of the molecule is N#Cc1ccccc1-c1ncnc(Nc2ccc(N3CCOCC3)cc2)n1. The summed E-state index contributed by atoms with van der Waals surface area (Å²) in [5.41, 5.74) is 3.28. The van der Waals surface area contributed by atoms with Crippen molar-refractivity contribution >= 4 is 17.3 Å². The third-order valence-electron chi connectivity index (χ3n) is 4.36. The third-order valence-corrected chi connectivity index (χ3v) is 4.36. The van der Waals surface area contributed by atoms with Crippen LogP contribution in [0.5, 0.6) is 0 Å². The van der Waals surface area contributed by atoms with Crippen molar-refractivity contribution in [1.82, 2.24) is 15.0 Å². The van der Waals surface area contributed by atoms with Crippen LogP contribution in [0.15, 0.2) is 54.9 Å². The van der Waals surface area contributed by atoms with Crippen LogP contribution in [0.2, 0.25) is 0 Å². The van der Waals surface area contributed by atoms with Crippen LogP contribution in [0.4, 0.5) is 17.3 Å². The summed E-state index contributed by atoms with van der Waals surface area (Å²) >= 11 is 0. The lowest BCUT2D eigenvalue weighted by atomic mass is 10.1. The molecule has 7 heteroatoms. The predicted molar refractivity (Wildman–Crippen MR) is 103 cm³/mol. The molecule has 1 saturated heterocycles. The van der Waals surface area contributed by atoms with Gasteiger partial charge in [0, 0.05) is 30.0 Å². The van der Waals surface area contributed by atoms with Crippen molar-refractivity contribution in [1.29, 1.82) is 5.26 Å². The molecule has 1 aromatic heterocycles. The van der Waals surface area contributed by atoms with Crippen LogP contribution in [0.25, 0.3) is 11.4 Å². The number of nitriles is 1. The molecule has 0 atom stereocenters. The predicted octanol–water partition coefficient (Wildman–Crippen LogP) is 2.99.